The molecular formula is C16H14FN3O2. The van der Waals surface area contributed by atoms with E-state index in [1.807, 2.05) is 24.3 Å². The lowest BCUT2D eigenvalue weighted by molar-refractivity contribution is 0.0947. The lowest BCUT2D eigenvalue weighted by Gasteiger charge is -2.06. The molecule has 0 aliphatic carbocycles. The Kier molecular flexibility index (Phi) is 3.84. The standard InChI is InChI=1S/C16H14FN3O2/c17-13-6-5-10(7-11(13)9-21)8-18-16(22)15-12-3-1-2-4-14(12)19-20-15/h1-7,21H,8-9H2,(H,18,22)(H,19,20). The maximum absolute atomic E-state index is 13.3. The number of H-pyrrole nitrogens is 1. The molecule has 0 fully saturated rings. The first-order valence-electron chi connectivity index (χ1n) is 6.78. The molecule has 0 spiro atoms. The number of benzene rings is 2. The molecule has 0 aliphatic heterocycles. The SMILES string of the molecule is O=C(NCc1ccc(F)c(CO)c1)c1n[nH]c2ccccc12. The topological polar surface area (TPSA) is 78.0 Å². The monoisotopic (exact) mass is 299 g/mol. The number of nitrogens with one attached hydrogen (secondary N) is 2. The summed E-state index contributed by atoms with van der Waals surface area (Å²) in [5, 5.41) is 19.3. The molecule has 0 saturated heterocycles. The van der Waals surface area contributed by atoms with Crippen molar-refractivity contribution in [1.29, 1.82) is 0 Å². The van der Waals surface area contributed by atoms with E-state index < -0.39 is 5.82 Å². The third-order valence-corrected chi connectivity index (χ3v) is 3.42. The summed E-state index contributed by atoms with van der Waals surface area (Å²) in [7, 11) is 0. The Hall–Kier alpha value is -2.73. The number of para-hydroxylation sites is 1. The van der Waals surface area contributed by atoms with Gasteiger partial charge in [0.25, 0.3) is 5.91 Å². The zero-order chi connectivity index (χ0) is 15.5. The van der Waals surface area contributed by atoms with Crippen molar-refractivity contribution in [2.24, 2.45) is 0 Å². The Morgan fingerprint density at radius 3 is 2.91 bits per heavy atom. The summed E-state index contributed by atoms with van der Waals surface area (Å²) in [6.45, 7) is -0.148. The molecule has 0 unspecified atom stereocenters. The van der Waals surface area contributed by atoms with Gasteiger partial charge in [-0.25, -0.2) is 4.39 Å². The first-order chi connectivity index (χ1) is 10.7. The van der Waals surface area contributed by atoms with Gasteiger partial charge in [0.2, 0.25) is 0 Å². The van der Waals surface area contributed by atoms with E-state index >= 15 is 0 Å². The van der Waals surface area contributed by atoms with Crippen molar-refractivity contribution in [2.75, 3.05) is 0 Å². The Balaban J connectivity index is 1.75. The van der Waals surface area contributed by atoms with Crippen LogP contribution in [0.3, 0.4) is 0 Å². The number of amides is 1. The van der Waals surface area contributed by atoms with Crippen molar-refractivity contribution in [1.82, 2.24) is 15.5 Å². The molecule has 0 aliphatic rings. The number of rotatable bonds is 4. The van der Waals surface area contributed by atoms with Crippen molar-refractivity contribution >= 4 is 16.8 Å². The second-order valence-corrected chi connectivity index (χ2v) is 4.88. The zero-order valence-electron chi connectivity index (χ0n) is 11.6. The lowest BCUT2D eigenvalue weighted by Crippen LogP contribution is -2.23. The summed E-state index contributed by atoms with van der Waals surface area (Å²) in [5.41, 5.74) is 2.02. The Morgan fingerprint density at radius 2 is 2.09 bits per heavy atom. The highest BCUT2D eigenvalue weighted by Gasteiger charge is 2.13. The van der Waals surface area contributed by atoms with Gasteiger partial charge in [-0.3, -0.25) is 9.89 Å². The third-order valence-electron chi connectivity index (χ3n) is 3.42. The molecular weight excluding hydrogens is 285 g/mol. The van der Waals surface area contributed by atoms with Crippen LogP contribution in [0.2, 0.25) is 0 Å². The van der Waals surface area contributed by atoms with Gasteiger partial charge in [0.05, 0.1) is 12.1 Å². The molecule has 3 N–H and O–H groups in total. The van der Waals surface area contributed by atoms with E-state index in [4.69, 9.17) is 5.11 Å². The summed E-state index contributed by atoms with van der Waals surface area (Å²) in [6.07, 6.45) is 0. The van der Waals surface area contributed by atoms with E-state index in [-0.39, 0.29) is 24.6 Å². The first kappa shape index (κ1) is 14.2. The fourth-order valence-corrected chi connectivity index (χ4v) is 2.26. The van der Waals surface area contributed by atoms with Crippen LogP contribution >= 0.6 is 0 Å². The second kappa shape index (κ2) is 5.95. The van der Waals surface area contributed by atoms with E-state index in [2.05, 4.69) is 15.5 Å². The number of carbonyl (C=O) groups excluding carboxylic acids is 1. The van der Waals surface area contributed by atoms with E-state index in [1.165, 1.54) is 12.1 Å². The Labute approximate surface area is 125 Å². The van der Waals surface area contributed by atoms with Gasteiger partial charge in [-0.05, 0) is 23.8 Å². The normalized spacial score (nSPS) is 10.8. The van der Waals surface area contributed by atoms with Crippen molar-refractivity contribution < 1.29 is 14.3 Å². The molecule has 6 heteroatoms. The van der Waals surface area contributed by atoms with Crippen molar-refractivity contribution in [3.63, 3.8) is 0 Å². The van der Waals surface area contributed by atoms with Crippen LogP contribution in [0.25, 0.3) is 10.9 Å². The van der Waals surface area contributed by atoms with Crippen LogP contribution in [-0.4, -0.2) is 21.2 Å². The van der Waals surface area contributed by atoms with Gasteiger partial charge in [0.15, 0.2) is 5.69 Å². The van der Waals surface area contributed by atoms with Crippen LogP contribution in [0.4, 0.5) is 4.39 Å². The van der Waals surface area contributed by atoms with Crippen molar-refractivity contribution in [2.45, 2.75) is 13.2 Å². The molecule has 0 saturated carbocycles. The molecule has 0 bridgehead atoms. The predicted molar refractivity (Wildman–Crippen MR) is 79.6 cm³/mol. The summed E-state index contributed by atoms with van der Waals surface area (Å²) >= 11 is 0. The van der Waals surface area contributed by atoms with E-state index in [1.54, 1.807) is 6.07 Å². The highest BCUT2D eigenvalue weighted by Crippen LogP contribution is 2.15. The van der Waals surface area contributed by atoms with Crippen molar-refractivity contribution in [3.05, 3.63) is 65.1 Å². The fourth-order valence-electron chi connectivity index (χ4n) is 2.26. The lowest BCUT2D eigenvalue weighted by atomic mass is 10.1. The van der Waals surface area contributed by atoms with Gasteiger partial charge < -0.3 is 10.4 Å². The quantitative estimate of drug-likeness (QED) is 0.690. The van der Waals surface area contributed by atoms with Gasteiger partial charge in [-0.2, -0.15) is 5.10 Å². The minimum Gasteiger partial charge on any atom is -0.392 e. The number of nitrogens with zero attached hydrogens (tertiary/aromatic N) is 1. The highest BCUT2D eigenvalue weighted by molar-refractivity contribution is 6.04. The maximum Gasteiger partial charge on any atom is 0.272 e. The smallest absolute Gasteiger partial charge is 0.272 e. The molecule has 3 rings (SSSR count). The maximum atomic E-state index is 13.3. The molecule has 0 radical (unpaired) electrons. The molecule has 2 aromatic carbocycles. The zero-order valence-corrected chi connectivity index (χ0v) is 11.6. The number of halogens is 1. The molecule has 3 aromatic rings. The number of hydrogen-bond acceptors (Lipinski definition) is 3. The predicted octanol–water partition coefficient (Wildman–Crippen LogP) is 2.12. The van der Waals surface area contributed by atoms with E-state index in [0.717, 1.165) is 10.9 Å². The van der Waals surface area contributed by atoms with Gasteiger partial charge in [-0.15, -0.1) is 0 Å². The first-order valence-corrected chi connectivity index (χ1v) is 6.78. The minimum atomic E-state index is -0.462. The number of hydrogen-bond donors (Lipinski definition) is 3. The number of aromatic nitrogens is 2. The fraction of sp³-hybridized carbons (Fsp3) is 0.125. The number of aliphatic hydroxyl groups is 1. The van der Waals surface area contributed by atoms with E-state index in [0.29, 0.717) is 11.3 Å². The molecule has 1 aromatic heterocycles. The summed E-state index contributed by atoms with van der Waals surface area (Å²) in [4.78, 5) is 12.2. The third kappa shape index (κ3) is 2.68. The van der Waals surface area contributed by atoms with Crippen LogP contribution in [0, 0.1) is 5.82 Å². The minimum absolute atomic E-state index is 0.206. The van der Waals surface area contributed by atoms with Crippen LogP contribution in [0.15, 0.2) is 42.5 Å². The number of aromatic amines is 1. The Morgan fingerprint density at radius 1 is 1.27 bits per heavy atom. The molecule has 0 atom stereocenters. The van der Waals surface area contributed by atoms with Crippen LogP contribution in [0.1, 0.15) is 21.6 Å². The van der Waals surface area contributed by atoms with Crippen LogP contribution in [-0.2, 0) is 13.2 Å². The molecule has 5 nitrogen and oxygen atoms in total. The average molecular weight is 299 g/mol. The Bertz CT molecular complexity index is 829. The van der Waals surface area contributed by atoms with Crippen LogP contribution < -0.4 is 5.32 Å². The number of fused-ring (bicyclic) bond motifs is 1. The van der Waals surface area contributed by atoms with E-state index in [9.17, 15) is 9.18 Å². The molecule has 1 heterocycles. The number of aliphatic hydroxyl groups excluding tert-OH is 1. The van der Waals surface area contributed by atoms with Gasteiger partial charge in [0, 0.05) is 17.5 Å². The van der Waals surface area contributed by atoms with Crippen LogP contribution in [0.5, 0.6) is 0 Å². The summed E-state index contributed by atoms with van der Waals surface area (Å²) in [5.74, 6) is -0.775. The second-order valence-electron chi connectivity index (χ2n) is 4.88. The molecule has 112 valence electrons. The van der Waals surface area contributed by atoms with Gasteiger partial charge in [-0.1, -0.05) is 24.3 Å². The summed E-state index contributed by atoms with van der Waals surface area (Å²) in [6, 6.07) is 11.7. The summed E-state index contributed by atoms with van der Waals surface area (Å²) < 4.78 is 13.3. The van der Waals surface area contributed by atoms with Crippen molar-refractivity contribution in [3.8, 4) is 0 Å². The molecule has 1 amide bonds. The molecule has 22 heavy (non-hydrogen) atoms. The van der Waals surface area contributed by atoms with Gasteiger partial charge in [0.1, 0.15) is 5.82 Å². The average Bonchev–Trinajstić information content (AvgIpc) is 2.98. The number of carbonyl (C=O) groups is 1. The highest BCUT2D eigenvalue weighted by atomic mass is 19.1. The van der Waals surface area contributed by atoms with Gasteiger partial charge >= 0.3 is 0 Å². The largest absolute Gasteiger partial charge is 0.392 e.